The van der Waals surface area contributed by atoms with Gasteiger partial charge in [-0.3, -0.25) is 4.79 Å². The molecule has 1 aromatic carbocycles. The minimum Gasteiger partial charge on any atom is -0.462 e. The first kappa shape index (κ1) is 18.5. The monoisotopic (exact) mass is 324 g/mol. The molecule has 0 aromatic heterocycles. The zero-order valence-corrected chi connectivity index (χ0v) is 14.2. The molecule has 0 aliphatic heterocycles. The van der Waals surface area contributed by atoms with Crippen molar-refractivity contribution in [2.45, 2.75) is 0 Å². The number of carbonyl (C=O) groups is 2. The van der Waals surface area contributed by atoms with Crippen LogP contribution >= 0.6 is 8.15 Å². The minimum absolute atomic E-state index is 0.0349. The predicted molar refractivity (Wildman–Crippen MR) is 88.7 cm³/mol. The molecule has 0 bridgehead atoms. The summed E-state index contributed by atoms with van der Waals surface area (Å²) in [5.74, 6) is -0.460. The fourth-order valence-corrected chi connectivity index (χ4v) is 2.78. The Bertz CT molecular complexity index is 534. The van der Waals surface area contributed by atoms with Gasteiger partial charge >= 0.3 is 5.97 Å². The second kappa shape index (κ2) is 8.18. The molecule has 5 nitrogen and oxygen atoms in total. The van der Waals surface area contributed by atoms with Gasteiger partial charge in [-0.2, -0.15) is 0 Å². The topological polar surface area (TPSA) is 63.6 Å². The molecular weight excluding hydrogens is 301 g/mol. The zero-order chi connectivity index (χ0) is 16.8. The Hall–Kier alpha value is -1.55. The van der Waals surface area contributed by atoms with E-state index in [9.17, 15) is 14.5 Å². The summed E-state index contributed by atoms with van der Waals surface area (Å²) in [7, 11) is 3.89. The number of carbonyl (C=O) groups excluding carboxylic acids is 2. The molecule has 1 aromatic rings. The number of quaternary nitrogens is 1. The molecule has 22 heavy (non-hydrogen) atoms. The highest BCUT2D eigenvalue weighted by molar-refractivity contribution is 7.69. The molecule has 1 rings (SSSR count). The second-order valence-corrected chi connectivity index (χ2v) is 7.67. The van der Waals surface area contributed by atoms with E-state index < -0.39 is 14.1 Å². The van der Waals surface area contributed by atoms with E-state index in [2.05, 4.69) is 6.58 Å². The van der Waals surface area contributed by atoms with E-state index in [1.165, 1.54) is 0 Å². The zero-order valence-electron chi connectivity index (χ0n) is 13.3. The van der Waals surface area contributed by atoms with Crippen LogP contribution in [0.2, 0.25) is 0 Å². The van der Waals surface area contributed by atoms with Crippen LogP contribution in [0.25, 0.3) is 6.08 Å². The van der Waals surface area contributed by atoms with Gasteiger partial charge in [-0.15, -0.1) is 0 Å². The van der Waals surface area contributed by atoms with E-state index >= 15 is 0 Å². The van der Waals surface area contributed by atoms with Gasteiger partial charge in [0.15, 0.2) is 0 Å². The molecular formula is C16H23NO4P+. The van der Waals surface area contributed by atoms with Crippen LogP contribution in [0.15, 0.2) is 30.8 Å². The van der Waals surface area contributed by atoms with Gasteiger partial charge in [0.25, 0.3) is 0 Å². The number of nitrogens with zero attached hydrogens (tertiary/aromatic N) is 1. The van der Waals surface area contributed by atoms with E-state index in [-0.39, 0.29) is 24.8 Å². The quantitative estimate of drug-likeness (QED) is 0.452. The minimum atomic E-state index is -1.76. The van der Waals surface area contributed by atoms with Crippen molar-refractivity contribution < 1.29 is 23.7 Å². The third-order valence-corrected chi connectivity index (χ3v) is 4.14. The van der Waals surface area contributed by atoms with Crippen molar-refractivity contribution in [3.8, 4) is 0 Å². The molecule has 120 valence electrons. The summed E-state index contributed by atoms with van der Waals surface area (Å²) >= 11 is 0. The van der Waals surface area contributed by atoms with Crippen molar-refractivity contribution in [2.75, 3.05) is 40.5 Å². The van der Waals surface area contributed by atoms with E-state index in [1.54, 1.807) is 30.3 Å². The molecule has 0 fully saturated rings. The molecule has 0 amide bonds. The molecule has 0 saturated carbocycles. The Morgan fingerprint density at radius 3 is 2.36 bits per heavy atom. The van der Waals surface area contributed by atoms with Crippen molar-refractivity contribution in [2.24, 2.45) is 0 Å². The maximum Gasteiger partial charge on any atom is 0.338 e. The lowest BCUT2D eigenvalue weighted by molar-refractivity contribution is -0.861. The SMILES string of the molecule is C=Cc1ccc(C(=O)OCCP(O)C(=O)C[N+](C)(C)C)cc1. The van der Waals surface area contributed by atoms with Gasteiger partial charge < -0.3 is 14.1 Å². The molecule has 1 N–H and O–H groups in total. The normalized spacial score (nSPS) is 12.5. The van der Waals surface area contributed by atoms with Crippen LogP contribution in [-0.4, -0.2) is 61.3 Å². The van der Waals surface area contributed by atoms with Crippen LogP contribution in [0, 0.1) is 0 Å². The number of esters is 1. The summed E-state index contributed by atoms with van der Waals surface area (Å²) in [6, 6.07) is 6.85. The third-order valence-electron chi connectivity index (χ3n) is 2.82. The Morgan fingerprint density at radius 1 is 1.27 bits per heavy atom. The van der Waals surface area contributed by atoms with Crippen molar-refractivity contribution >= 4 is 25.7 Å². The highest BCUT2D eigenvalue weighted by atomic mass is 31.1. The summed E-state index contributed by atoms with van der Waals surface area (Å²) in [6.45, 7) is 3.94. The summed E-state index contributed by atoms with van der Waals surface area (Å²) in [5.41, 5.74) is 1.17. The number of hydrogen-bond donors (Lipinski definition) is 1. The van der Waals surface area contributed by atoms with Crippen molar-refractivity contribution in [3.05, 3.63) is 42.0 Å². The van der Waals surface area contributed by atoms with Crippen LogP contribution in [0.5, 0.6) is 0 Å². The van der Waals surface area contributed by atoms with Gasteiger partial charge in [0.1, 0.15) is 14.7 Å². The van der Waals surface area contributed by atoms with Gasteiger partial charge in [-0.1, -0.05) is 24.8 Å². The Kier molecular flexibility index (Phi) is 6.88. The van der Waals surface area contributed by atoms with Crippen LogP contribution in [-0.2, 0) is 9.53 Å². The number of hydrogen-bond acceptors (Lipinski definition) is 4. The summed E-state index contributed by atoms with van der Waals surface area (Å²) < 4.78 is 5.55. The van der Waals surface area contributed by atoms with E-state index in [4.69, 9.17) is 4.74 Å². The molecule has 0 radical (unpaired) electrons. The van der Waals surface area contributed by atoms with Crippen molar-refractivity contribution in [1.82, 2.24) is 0 Å². The number of likely N-dealkylation sites (N-methyl/N-ethyl adjacent to an activating group) is 1. The Labute approximate surface area is 132 Å². The van der Waals surface area contributed by atoms with Gasteiger partial charge in [-0.25, -0.2) is 4.79 Å². The molecule has 0 heterocycles. The Morgan fingerprint density at radius 2 is 1.86 bits per heavy atom. The molecule has 0 aliphatic carbocycles. The lowest BCUT2D eigenvalue weighted by Gasteiger charge is -2.23. The molecule has 1 atom stereocenters. The van der Waals surface area contributed by atoms with Gasteiger partial charge in [0.05, 0.1) is 33.3 Å². The standard InChI is InChI=1S/C16H23NO4P/c1-5-13-6-8-14(9-7-13)16(19)21-10-11-22(20)15(18)12-17(2,3)4/h5-9,20H,1,10-12H2,2-4H3/q+1. The van der Waals surface area contributed by atoms with Gasteiger partial charge in [-0.05, 0) is 17.7 Å². The maximum atomic E-state index is 11.8. The fourth-order valence-electron chi connectivity index (χ4n) is 1.68. The highest BCUT2D eigenvalue weighted by Crippen LogP contribution is 2.31. The molecule has 0 spiro atoms. The molecule has 0 aliphatic rings. The molecule has 6 heteroatoms. The van der Waals surface area contributed by atoms with Crippen LogP contribution < -0.4 is 0 Å². The molecule has 1 unspecified atom stereocenters. The van der Waals surface area contributed by atoms with Crippen molar-refractivity contribution in [3.63, 3.8) is 0 Å². The van der Waals surface area contributed by atoms with E-state index in [0.717, 1.165) is 5.56 Å². The lowest BCUT2D eigenvalue weighted by atomic mass is 10.1. The number of ether oxygens (including phenoxy) is 1. The Balaban J connectivity index is 2.41. The van der Waals surface area contributed by atoms with Gasteiger partial charge in [0.2, 0.25) is 5.52 Å². The van der Waals surface area contributed by atoms with Crippen LogP contribution in [0.4, 0.5) is 0 Å². The average Bonchev–Trinajstić information content (AvgIpc) is 2.45. The van der Waals surface area contributed by atoms with E-state index in [1.807, 2.05) is 21.1 Å². The summed E-state index contributed by atoms with van der Waals surface area (Å²) in [5, 5.41) is 0. The smallest absolute Gasteiger partial charge is 0.338 e. The fraction of sp³-hybridized carbons (Fsp3) is 0.375. The number of rotatable bonds is 8. The van der Waals surface area contributed by atoms with Crippen LogP contribution in [0.3, 0.4) is 0 Å². The largest absolute Gasteiger partial charge is 0.462 e. The van der Waals surface area contributed by atoms with E-state index in [0.29, 0.717) is 10.0 Å². The summed E-state index contributed by atoms with van der Waals surface area (Å²) in [6.07, 6.45) is 1.86. The highest BCUT2D eigenvalue weighted by Gasteiger charge is 2.22. The van der Waals surface area contributed by atoms with Crippen molar-refractivity contribution in [1.29, 1.82) is 0 Å². The molecule has 0 saturated heterocycles. The van der Waals surface area contributed by atoms with Crippen LogP contribution in [0.1, 0.15) is 15.9 Å². The average molecular weight is 324 g/mol. The second-order valence-electron chi connectivity index (χ2n) is 5.93. The first-order valence-electron chi connectivity index (χ1n) is 6.92. The lowest BCUT2D eigenvalue weighted by Crippen LogP contribution is -2.39. The maximum absolute atomic E-state index is 11.8. The summed E-state index contributed by atoms with van der Waals surface area (Å²) in [4.78, 5) is 33.4. The first-order chi connectivity index (χ1) is 10.2. The number of benzene rings is 1. The predicted octanol–water partition coefficient (Wildman–Crippen LogP) is 2.11. The van der Waals surface area contributed by atoms with Gasteiger partial charge in [0, 0.05) is 6.16 Å². The first-order valence-corrected chi connectivity index (χ1v) is 8.40. The third kappa shape index (κ3) is 6.48.